The van der Waals surface area contributed by atoms with Gasteiger partial charge < -0.3 is 14.8 Å². The number of methoxy groups -OCH3 is 1. The van der Waals surface area contributed by atoms with Gasteiger partial charge in [0.1, 0.15) is 6.61 Å². The van der Waals surface area contributed by atoms with Gasteiger partial charge in [0.2, 0.25) is 0 Å². The summed E-state index contributed by atoms with van der Waals surface area (Å²) >= 11 is 0. The molecular formula is C17H25NO2. The molecule has 0 aliphatic carbocycles. The van der Waals surface area contributed by atoms with Crippen molar-refractivity contribution < 1.29 is 9.47 Å². The van der Waals surface area contributed by atoms with Crippen molar-refractivity contribution in [2.45, 2.75) is 26.8 Å². The van der Waals surface area contributed by atoms with Crippen molar-refractivity contribution >= 4 is 6.08 Å². The Labute approximate surface area is 122 Å². The van der Waals surface area contributed by atoms with Crippen LogP contribution in [0.4, 0.5) is 0 Å². The van der Waals surface area contributed by atoms with Crippen LogP contribution in [-0.4, -0.2) is 26.3 Å². The predicted molar refractivity (Wildman–Crippen MR) is 85.5 cm³/mol. The molecule has 1 aromatic rings. The van der Waals surface area contributed by atoms with E-state index in [1.807, 2.05) is 18.2 Å². The molecular weight excluding hydrogens is 250 g/mol. The Morgan fingerprint density at radius 3 is 2.70 bits per heavy atom. The average Bonchev–Trinajstić information content (AvgIpc) is 2.43. The lowest BCUT2D eigenvalue weighted by Gasteiger charge is -2.11. The minimum atomic E-state index is 0.475. The summed E-state index contributed by atoms with van der Waals surface area (Å²) in [6.07, 6.45) is 3.87. The summed E-state index contributed by atoms with van der Waals surface area (Å²) in [4.78, 5) is 0. The molecule has 110 valence electrons. The molecule has 0 aliphatic heterocycles. The smallest absolute Gasteiger partial charge is 0.161 e. The Bertz CT molecular complexity index is 464. The Morgan fingerprint density at radius 1 is 1.35 bits per heavy atom. The molecule has 0 saturated heterocycles. The maximum atomic E-state index is 5.54. The third kappa shape index (κ3) is 5.49. The van der Waals surface area contributed by atoms with E-state index in [1.165, 1.54) is 5.57 Å². The third-order valence-corrected chi connectivity index (χ3v) is 2.75. The summed E-state index contributed by atoms with van der Waals surface area (Å²) in [5.41, 5.74) is 2.39. The van der Waals surface area contributed by atoms with Crippen LogP contribution in [0.3, 0.4) is 0 Å². The fourth-order valence-corrected chi connectivity index (χ4v) is 1.74. The normalized spacial score (nSPS) is 11.6. The minimum Gasteiger partial charge on any atom is -0.493 e. The first-order valence-electron chi connectivity index (χ1n) is 6.89. The Balaban J connectivity index is 2.81. The Morgan fingerprint density at radius 2 is 2.10 bits per heavy atom. The highest BCUT2D eigenvalue weighted by molar-refractivity contribution is 5.58. The molecule has 0 radical (unpaired) electrons. The summed E-state index contributed by atoms with van der Waals surface area (Å²) in [6.45, 7) is 11.4. The van der Waals surface area contributed by atoms with E-state index in [9.17, 15) is 0 Å². The molecule has 0 saturated carbocycles. The van der Waals surface area contributed by atoms with Crippen molar-refractivity contribution in [2.75, 3.05) is 20.3 Å². The lowest BCUT2D eigenvalue weighted by Crippen LogP contribution is -2.24. The average molecular weight is 275 g/mol. The van der Waals surface area contributed by atoms with Crippen molar-refractivity contribution in [3.8, 4) is 11.5 Å². The molecule has 0 heterocycles. The second-order valence-electron chi connectivity index (χ2n) is 5.04. The van der Waals surface area contributed by atoms with Crippen molar-refractivity contribution in [3.05, 3.63) is 42.0 Å². The van der Waals surface area contributed by atoms with Gasteiger partial charge in [-0.15, -0.1) is 0 Å². The van der Waals surface area contributed by atoms with Crippen LogP contribution in [0.1, 0.15) is 26.3 Å². The largest absolute Gasteiger partial charge is 0.493 e. The first-order valence-corrected chi connectivity index (χ1v) is 6.89. The lowest BCUT2D eigenvalue weighted by atomic mass is 10.1. The molecule has 1 rings (SSSR count). The SMILES string of the molecule is C=CCOc1ccc(C=C(C)CNC(C)C)cc1OC. The second kappa shape index (κ2) is 8.43. The van der Waals surface area contributed by atoms with Crippen molar-refractivity contribution in [1.82, 2.24) is 5.32 Å². The monoisotopic (exact) mass is 275 g/mol. The molecule has 0 aliphatic rings. The van der Waals surface area contributed by atoms with Crippen LogP contribution in [0.2, 0.25) is 0 Å². The predicted octanol–water partition coefficient (Wildman–Crippen LogP) is 3.66. The molecule has 3 heteroatoms. The van der Waals surface area contributed by atoms with E-state index in [0.29, 0.717) is 12.6 Å². The number of ether oxygens (including phenoxy) is 2. The van der Waals surface area contributed by atoms with Crippen LogP contribution in [0.15, 0.2) is 36.4 Å². The van der Waals surface area contributed by atoms with E-state index in [2.05, 4.69) is 38.7 Å². The van der Waals surface area contributed by atoms with E-state index in [-0.39, 0.29) is 0 Å². The van der Waals surface area contributed by atoms with Crippen LogP contribution < -0.4 is 14.8 Å². The van der Waals surface area contributed by atoms with Gasteiger partial charge in [0.05, 0.1) is 7.11 Å². The van der Waals surface area contributed by atoms with Gasteiger partial charge in [0.15, 0.2) is 11.5 Å². The van der Waals surface area contributed by atoms with Crippen molar-refractivity contribution in [2.24, 2.45) is 0 Å². The molecule has 0 bridgehead atoms. The van der Waals surface area contributed by atoms with Crippen LogP contribution in [0, 0.1) is 0 Å². The molecule has 20 heavy (non-hydrogen) atoms. The quantitative estimate of drug-likeness (QED) is 0.734. The highest BCUT2D eigenvalue weighted by atomic mass is 16.5. The van der Waals surface area contributed by atoms with E-state index in [0.717, 1.165) is 23.6 Å². The fourth-order valence-electron chi connectivity index (χ4n) is 1.74. The maximum Gasteiger partial charge on any atom is 0.161 e. The van der Waals surface area contributed by atoms with E-state index in [4.69, 9.17) is 9.47 Å². The number of nitrogens with one attached hydrogen (secondary N) is 1. The fraction of sp³-hybridized carbons (Fsp3) is 0.412. The number of hydrogen-bond donors (Lipinski definition) is 1. The molecule has 0 fully saturated rings. The first kappa shape index (κ1) is 16.3. The topological polar surface area (TPSA) is 30.5 Å². The standard InChI is InChI=1S/C17H25NO2/c1-6-9-20-16-8-7-15(11-17(16)19-5)10-14(4)12-18-13(2)3/h6-8,10-11,13,18H,1,9,12H2,2-5H3. The van der Waals surface area contributed by atoms with Gasteiger partial charge >= 0.3 is 0 Å². The molecule has 0 atom stereocenters. The second-order valence-corrected chi connectivity index (χ2v) is 5.04. The lowest BCUT2D eigenvalue weighted by molar-refractivity contribution is 0.326. The van der Waals surface area contributed by atoms with Gasteiger partial charge in [0, 0.05) is 12.6 Å². The highest BCUT2D eigenvalue weighted by Gasteiger charge is 2.04. The zero-order chi connectivity index (χ0) is 15.0. The summed E-state index contributed by atoms with van der Waals surface area (Å²) in [7, 11) is 1.65. The van der Waals surface area contributed by atoms with Crippen LogP contribution in [-0.2, 0) is 0 Å². The molecule has 0 unspecified atom stereocenters. The van der Waals surface area contributed by atoms with E-state index in [1.54, 1.807) is 13.2 Å². The molecule has 0 amide bonds. The number of benzene rings is 1. The third-order valence-electron chi connectivity index (χ3n) is 2.75. The van der Waals surface area contributed by atoms with E-state index >= 15 is 0 Å². The van der Waals surface area contributed by atoms with Crippen LogP contribution in [0.5, 0.6) is 11.5 Å². The molecule has 0 spiro atoms. The summed E-state index contributed by atoms with van der Waals surface area (Å²) in [6, 6.07) is 6.43. The highest BCUT2D eigenvalue weighted by Crippen LogP contribution is 2.28. The van der Waals surface area contributed by atoms with Gasteiger partial charge in [-0.1, -0.05) is 44.2 Å². The van der Waals surface area contributed by atoms with Gasteiger partial charge in [-0.2, -0.15) is 0 Å². The van der Waals surface area contributed by atoms with E-state index < -0.39 is 0 Å². The summed E-state index contributed by atoms with van der Waals surface area (Å²) in [5, 5.41) is 3.40. The first-order chi connectivity index (χ1) is 9.56. The molecule has 1 aromatic carbocycles. The van der Waals surface area contributed by atoms with Gasteiger partial charge in [-0.25, -0.2) is 0 Å². The Hall–Kier alpha value is -1.74. The zero-order valence-electron chi connectivity index (χ0n) is 12.9. The van der Waals surface area contributed by atoms with Gasteiger partial charge in [-0.3, -0.25) is 0 Å². The molecule has 0 aromatic heterocycles. The number of rotatable bonds is 8. The maximum absolute atomic E-state index is 5.54. The number of hydrogen-bond acceptors (Lipinski definition) is 3. The summed E-state index contributed by atoms with van der Waals surface area (Å²) < 4.78 is 10.9. The molecule has 3 nitrogen and oxygen atoms in total. The van der Waals surface area contributed by atoms with Gasteiger partial charge in [0.25, 0.3) is 0 Å². The molecule has 1 N–H and O–H groups in total. The van der Waals surface area contributed by atoms with Crippen molar-refractivity contribution in [1.29, 1.82) is 0 Å². The van der Waals surface area contributed by atoms with Crippen LogP contribution in [0.25, 0.3) is 6.08 Å². The minimum absolute atomic E-state index is 0.475. The Kier molecular flexibility index (Phi) is 6.88. The van der Waals surface area contributed by atoms with Gasteiger partial charge in [-0.05, 0) is 24.6 Å². The summed E-state index contributed by atoms with van der Waals surface area (Å²) in [5.74, 6) is 1.48. The van der Waals surface area contributed by atoms with Crippen LogP contribution >= 0.6 is 0 Å². The van der Waals surface area contributed by atoms with Crippen molar-refractivity contribution in [3.63, 3.8) is 0 Å². The zero-order valence-corrected chi connectivity index (χ0v) is 12.9.